The minimum atomic E-state index is 0.843. The van der Waals surface area contributed by atoms with Gasteiger partial charge in [0.2, 0.25) is 0 Å². The van der Waals surface area contributed by atoms with E-state index in [0.29, 0.717) is 0 Å². The van der Waals surface area contributed by atoms with E-state index in [1.54, 1.807) is 6.26 Å². The van der Waals surface area contributed by atoms with Gasteiger partial charge in [0.25, 0.3) is 0 Å². The zero-order valence-electron chi connectivity index (χ0n) is 4.05. The normalized spacial score (nSPS) is 19.1. The second kappa shape index (κ2) is 2.13. The maximum atomic E-state index is 4.93. The maximum Gasteiger partial charge on any atom is 0.122 e. The standard InChI is InChI=1S/C5H7OP/c7-5-1-3-6-4-2-5/h1,3,7H,2,4H2/p+1. The molecular formula is C5H8OP+. The first-order valence-electron chi connectivity index (χ1n) is 2.29. The van der Waals surface area contributed by atoms with Crippen LogP contribution in [-0.2, 0) is 4.74 Å². The van der Waals surface area contributed by atoms with Crippen LogP contribution in [0, 0.1) is 0 Å². The van der Waals surface area contributed by atoms with E-state index < -0.39 is 0 Å². The van der Waals surface area contributed by atoms with Crippen molar-refractivity contribution >= 4 is 14.2 Å². The molecule has 1 atom stereocenters. The molecule has 0 saturated heterocycles. The Bertz CT molecular complexity index is 107. The molecule has 0 saturated carbocycles. The van der Waals surface area contributed by atoms with Crippen LogP contribution in [0.5, 0.6) is 0 Å². The fraction of sp³-hybridized carbons (Fsp3) is 0.400. The molecule has 1 rings (SSSR count). The van der Waals surface area contributed by atoms with Crippen molar-refractivity contribution < 1.29 is 4.74 Å². The molecule has 0 radical (unpaired) electrons. The maximum absolute atomic E-state index is 4.93. The summed E-state index contributed by atoms with van der Waals surface area (Å²) < 4.78 is 4.93. The van der Waals surface area contributed by atoms with Crippen LogP contribution < -0.4 is 0 Å². The van der Waals surface area contributed by atoms with Gasteiger partial charge in [0.15, 0.2) is 0 Å². The molecule has 7 heavy (non-hydrogen) atoms. The van der Waals surface area contributed by atoms with Gasteiger partial charge in [-0.2, -0.15) is 0 Å². The van der Waals surface area contributed by atoms with Crippen molar-refractivity contribution in [1.29, 1.82) is 0 Å². The summed E-state index contributed by atoms with van der Waals surface area (Å²) >= 11 is 0. The lowest BCUT2D eigenvalue weighted by atomic mass is 10.3. The Morgan fingerprint density at radius 2 is 2.57 bits per heavy atom. The number of allylic oxidation sites excluding steroid dienone is 1. The molecule has 0 aliphatic carbocycles. The van der Waals surface area contributed by atoms with Crippen molar-refractivity contribution in [3.8, 4) is 0 Å². The van der Waals surface area contributed by atoms with E-state index in [2.05, 4.69) is 8.86 Å². The topological polar surface area (TPSA) is 9.23 Å². The molecule has 0 aromatic rings. The van der Waals surface area contributed by atoms with Gasteiger partial charge in [0.05, 0.1) is 21.7 Å². The number of rotatable bonds is 0. The first kappa shape index (κ1) is 4.86. The van der Waals surface area contributed by atoms with Crippen LogP contribution >= 0.6 is 8.86 Å². The zero-order valence-corrected chi connectivity index (χ0v) is 5.21. The lowest BCUT2D eigenvalue weighted by Crippen LogP contribution is -2.00. The van der Waals surface area contributed by atoms with Gasteiger partial charge in [-0.1, -0.05) is 0 Å². The summed E-state index contributed by atoms with van der Waals surface area (Å²) in [5.74, 6) is 0. The Hall–Kier alpha value is -0.290. The van der Waals surface area contributed by atoms with Gasteiger partial charge in [0, 0.05) is 12.5 Å². The van der Waals surface area contributed by atoms with Gasteiger partial charge in [-0.3, -0.25) is 0 Å². The first-order chi connectivity index (χ1) is 3.39. The van der Waals surface area contributed by atoms with Gasteiger partial charge in [0.1, 0.15) is 5.29 Å². The molecule has 1 aliphatic heterocycles. The lowest BCUT2D eigenvalue weighted by Gasteiger charge is -2.01. The van der Waals surface area contributed by atoms with Crippen LogP contribution in [0.1, 0.15) is 6.42 Å². The summed E-state index contributed by atoms with van der Waals surface area (Å²) in [5, 5.41) is 1.33. The molecule has 0 spiro atoms. The molecule has 1 heterocycles. The Kier molecular flexibility index (Phi) is 1.48. The average Bonchev–Trinajstić information content (AvgIpc) is 1.69. The highest BCUT2D eigenvalue weighted by Crippen LogP contribution is 1.98. The molecular weight excluding hydrogens is 107 g/mol. The van der Waals surface area contributed by atoms with Crippen LogP contribution in [-0.4, -0.2) is 11.9 Å². The SMILES string of the molecule is [PH2+]=C1C=COCC1. The van der Waals surface area contributed by atoms with Gasteiger partial charge < -0.3 is 4.74 Å². The van der Waals surface area contributed by atoms with E-state index in [1.807, 2.05) is 6.08 Å². The van der Waals surface area contributed by atoms with E-state index >= 15 is 0 Å². The second-order valence-corrected chi connectivity index (χ2v) is 2.24. The van der Waals surface area contributed by atoms with Crippen LogP contribution in [0.3, 0.4) is 0 Å². The molecule has 1 aliphatic rings. The minimum Gasteiger partial charge on any atom is -0.501 e. The van der Waals surface area contributed by atoms with Crippen LogP contribution in [0.2, 0.25) is 0 Å². The molecule has 0 aromatic carbocycles. The highest BCUT2D eigenvalue weighted by molar-refractivity contribution is 7.21. The van der Waals surface area contributed by atoms with Crippen molar-refractivity contribution in [2.75, 3.05) is 6.61 Å². The van der Waals surface area contributed by atoms with Crippen molar-refractivity contribution in [2.24, 2.45) is 0 Å². The minimum absolute atomic E-state index is 0.843. The van der Waals surface area contributed by atoms with Crippen LogP contribution in [0.25, 0.3) is 0 Å². The summed E-state index contributed by atoms with van der Waals surface area (Å²) in [6.45, 7) is 0.843. The van der Waals surface area contributed by atoms with E-state index in [4.69, 9.17) is 4.74 Å². The van der Waals surface area contributed by atoms with Crippen molar-refractivity contribution in [1.82, 2.24) is 0 Å². The molecule has 0 aromatic heterocycles. The van der Waals surface area contributed by atoms with Crippen LogP contribution in [0.4, 0.5) is 0 Å². The van der Waals surface area contributed by atoms with Gasteiger partial charge in [-0.05, 0) is 0 Å². The zero-order chi connectivity index (χ0) is 5.11. The Morgan fingerprint density at radius 3 is 2.86 bits per heavy atom. The summed E-state index contributed by atoms with van der Waals surface area (Å²) in [5.41, 5.74) is 0. The van der Waals surface area contributed by atoms with Crippen LogP contribution in [0.15, 0.2) is 12.3 Å². The smallest absolute Gasteiger partial charge is 0.122 e. The third kappa shape index (κ3) is 1.32. The third-order valence-corrected chi connectivity index (χ3v) is 1.37. The number of ether oxygens (including phenoxy) is 1. The van der Waals surface area contributed by atoms with Gasteiger partial charge in [-0.15, -0.1) is 0 Å². The molecule has 0 bridgehead atoms. The molecule has 0 amide bonds. The summed E-state index contributed by atoms with van der Waals surface area (Å²) in [6.07, 6.45) is 4.75. The monoisotopic (exact) mass is 115 g/mol. The number of hydrogen-bond donors (Lipinski definition) is 0. The Balaban J connectivity index is 2.51. The second-order valence-electron chi connectivity index (χ2n) is 1.50. The molecule has 1 nitrogen and oxygen atoms in total. The van der Waals surface area contributed by atoms with Gasteiger partial charge >= 0.3 is 0 Å². The molecule has 0 fully saturated rings. The lowest BCUT2D eigenvalue weighted by molar-refractivity contribution is 0.255. The quantitative estimate of drug-likeness (QED) is 0.427. The predicted molar refractivity (Wildman–Crippen MR) is 34.4 cm³/mol. The van der Waals surface area contributed by atoms with E-state index in [0.717, 1.165) is 13.0 Å². The summed E-state index contributed by atoms with van der Waals surface area (Å²) in [7, 11) is 2.66. The summed E-state index contributed by atoms with van der Waals surface area (Å²) in [6, 6.07) is 0. The molecule has 38 valence electrons. The molecule has 1 unspecified atom stereocenters. The third-order valence-electron chi connectivity index (χ3n) is 0.887. The van der Waals surface area contributed by atoms with Gasteiger partial charge in [-0.25, -0.2) is 0 Å². The fourth-order valence-electron chi connectivity index (χ4n) is 0.464. The Morgan fingerprint density at radius 1 is 1.71 bits per heavy atom. The largest absolute Gasteiger partial charge is 0.501 e. The van der Waals surface area contributed by atoms with E-state index in [1.165, 1.54) is 5.29 Å². The highest BCUT2D eigenvalue weighted by Gasteiger charge is 1.99. The molecule has 2 heteroatoms. The van der Waals surface area contributed by atoms with E-state index in [-0.39, 0.29) is 0 Å². The van der Waals surface area contributed by atoms with E-state index in [9.17, 15) is 0 Å². The predicted octanol–water partition coefficient (Wildman–Crippen LogP) is 0.968. The average molecular weight is 115 g/mol. The Labute approximate surface area is 45.2 Å². The van der Waals surface area contributed by atoms with Crippen molar-refractivity contribution in [3.63, 3.8) is 0 Å². The number of hydrogen-bond acceptors (Lipinski definition) is 1. The molecule has 0 N–H and O–H groups in total. The first-order valence-corrected chi connectivity index (χ1v) is 2.87. The highest BCUT2D eigenvalue weighted by atomic mass is 31.0. The fourth-order valence-corrected chi connectivity index (χ4v) is 0.660. The van der Waals surface area contributed by atoms with Crippen molar-refractivity contribution in [3.05, 3.63) is 12.3 Å². The van der Waals surface area contributed by atoms with Crippen molar-refractivity contribution in [2.45, 2.75) is 6.42 Å². The summed E-state index contributed by atoms with van der Waals surface area (Å²) in [4.78, 5) is 0.